The Morgan fingerprint density at radius 3 is 2.42 bits per heavy atom. The fourth-order valence-corrected chi connectivity index (χ4v) is 6.56. The van der Waals surface area contributed by atoms with Gasteiger partial charge in [0, 0.05) is 28.7 Å². The van der Waals surface area contributed by atoms with Crippen LogP contribution in [0.2, 0.25) is 0 Å². The Morgan fingerprint density at radius 2 is 1.74 bits per heavy atom. The third-order valence-electron chi connectivity index (χ3n) is 8.69. The average Bonchev–Trinajstić information content (AvgIpc) is 3.10. The van der Waals surface area contributed by atoms with Gasteiger partial charge in [-0.2, -0.15) is 11.8 Å². The molecule has 2 bridgehead atoms. The number of unbranched alkanes of at least 4 members (excludes halogenated alkanes) is 1. The number of anilines is 1. The Hall–Kier alpha value is -4.22. The van der Waals surface area contributed by atoms with Crippen LogP contribution in [0.25, 0.3) is 0 Å². The maximum Gasteiger partial charge on any atom is 0.252 e. The second kappa shape index (κ2) is 20.5. The molecule has 1 aromatic carbocycles. The van der Waals surface area contributed by atoms with Crippen molar-refractivity contribution in [3.63, 3.8) is 0 Å². The zero-order valence-corrected chi connectivity index (χ0v) is 29.5. The van der Waals surface area contributed by atoms with E-state index in [9.17, 15) is 33.6 Å². The van der Waals surface area contributed by atoms with E-state index >= 15 is 0 Å². The number of hydrogen-bond acceptors (Lipinski definition) is 10. The van der Waals surface area contributed by atoms with Crippen LogP contribution < -0.4 is 48.7 Å². The molecule has 17 heteroatoms. The molecule has 16 nitrogen and oxygen atoms in total. The highest BCUT2D eigenvalue weighted by Gasteiger charge is 2.31. The zero-order valence-electron chi connectivity index (χ0n) is 28.7. The number of carbonyl (C=O) groups is 7. The average molecular weight is 718 g/mol. The first-order valence-electron chi connectivity index (χ1n) is 17.1. The van der Waals surface area contributed by atoms with Crippen molar-refractivity contribution in [3.8, 4) is 0 Å². The Bertz CT molecular complexity index is 1390. The number of amides is 7. The summed E-state index contributed by atoms with van der Waals surface area (Å²) < 4.78 is 0. The SMILES string of the molecule is CC[C@H](C)[C@@H]1NC(=O)c2cc(cc(NC(=O)CNC(=O)C3CCNCC3)c2)CSC[C@@H](C(N)=O)NC(=O)CNC(=O)[C@H](CCCCN)NC1=O. The van der Waals surface area contributed by atoms with Crippen molar-refractivity contribution in [2.45, 2.75) is 76.3 Å². The largest absolute Gasteiger partial charge is 0.368 e. The predicted octanol–water partition coefficient (Wildman–Crippen LogP) is -1.17. The van der Waals surface area contributed by atoms with Crippen LogP contribution in [-0.2, 0) is 34.5 Å². The molecule has 1 aromatic rings. The summed E-state index contributed by atoms with van der Waals surface area (Å²) in [5.74, 6) is -4.03. The monoisotopic (exact) mass is 717 g/mol. The highest BCUT2D eigenvalue weighted by molar-refractivity contribution is 7.98. The predicted molar refractivity (Wildman–Crippen MR) is 190 cm³/mol. The number of hydrogen-bond donors (Lipinski definition) is 9. The standard InChI is InChI=1S/C33H51N9O7S/c1-3-19(2)28-33(49)41-24(6-4-5-9-34)32(48)38-16-27(44)40-25(29(35)45)18-50-17-20-12-22(31(47)42-28)14-23(13-20)39-26(43)15-37-30(46)21-7-10-36-11-8-21/h12-14,19,21,24-25,28,36H,3-11,15-18,34H2,1-2H3,(H2,35,45)(H,37,46)(H,38,48)(H,39,43)(H,40,44)(H,41,49)(H,42,47)/t19-,24-,25-,28-/m0/s1. The van der Waals surface area contributed by atoms with Crippen molar-refractivity contribution in [2.24, 2.45) is 23.3 Å². The molecular formula is C33H51N9O7S. The van der Waals surface area contributed by atoms with E-state index in [1.807, 2.05) is 6.92 Å². The third-order valence-corrected chi connectivity index (χ3v) is 9.80. The number of nitrogens with two attached hydrogens (primary N) is 2. The van der Waals surface area contributed by atoms with E-state index in [-0.39, 0.29) is 53.5 Å². The van der Waals surface area contributed by atoms with Gasteiger partial charge in [-0.3, -0.25) is 33.6 Å². The van der Waals surface area contributed by atoms with Crippen LogP contribution in [0.5, 0.6) is 0 Å². The molecule has 0 saturated carbocycles. The normalized spacial score (nSPS) is 22.0. The summed E-state index contributed by atoms with van der Waals surface area (Å²) in [5.41, 5.74) is 12.2. The van der Waals surface area contributed by atoms with Crippen LogP contribution >= 0.6 is 11.8 Å². The van der Waals surface area contributed by atoms with Crippen molar-refractivity contribution in [1.29, 1.82) is 0 Å². The van der Waals surface area contributed by atoms with Gasteiger partial charge in [0.1, 0.15) is 18.1 Å². The molecule has 50 heavy (non-hydrogen) atoms. The van der Waals surface area contributed by atoms with Crippen molar-refractivity contribution < 1.29 is 33.6 Å². The van der Waals surface area contributed by atoms with Crippen LogP contribution in [-0.4, -0.2) is 98.0 Å². The van der Waals surface area contributed by atoms with Crippen molar-refractivity contribution in [1.82, 2.24) is 31.9 Å². The lowest BCUT2D eigenvalue weighted by atomic mass is 9.96. The van der Waals surface area contributed by atoms with Crippen molar-refractivity contribution >= 4 is 58.8 Å². The summed E-state index contributed by atoms with van der Waals surface area (Å²) in [4.78, 5) is 90.8. The summed E-state index contributed by atoms with van der Waals surface area (Å²) in [6.45, 7) is 4.81. The molecule has 3 rings (SSSR count). The summed E-state index contributed by atoms with van der Waals surface area (Å²) in [6.07, 6.45) is 3.26. The van der Waals surface area contributed by atoms with Gasteiger partial charge >= 0.3 is 0 Å². The minimum atomic E-state index is -1.06. The van der Waals surface area contributed by atoms with Gasteiger partial charge in [-0.1, -0.05) is 20.3 Å². The number of piperidine rings is 1. The minimum absolute atomic E-state index is 0.0870. The summed E-state index contributed by atoms with van der Waals surface area (Å²) in [6, 6.07) is 1.63. The van der Waals surface area contributed by atoms with Gasteiger partial charge < -0.3 is 48.7 Å². The lowest BCUT2D eigenvalue weighted by Crippen LogP contribution is -2.56. The number of carbonyl (C=O) groups excluding carboxylic acids is 7. The molecule has 2 aliphatic heterocycles. The molecule has 2 aliphatic rings. The maximum atomic E-state index is 13.7. The third kappa shape index (κ3) is 12.9. The first kappa shape index (κ1) is 40.2. The van der Waals surface area contributed by atoms with Gasteiger partial charge in [0.2, 0.25) is 35.4 Å². The molecule has 1 fully saturated rings. The number of primary amides is 1. The van der Waals surface area contributed by atoms with Gasteiger partial charge in [-0.05, 0) is 81.4 Å². The lowest BCUT2D eigenvalue weighted by molar-refractivity contribution is -0.132. The molecule has 276 valence electrons. The quantitative estimate of drug-likeness (QED) is 0.124. The second-order valence-electron chi connectivity index (χ2n) is 12.6. The van der Waals surface area contributed by atoms with E-state index in [1.165, 1.54) is 17.8 Å². The van der Waals surface area contributed by atoms with E-state index in [1.54, 1.807) is 19.1 Å². The van der Waals surface area contributed by atoms with Crippen molar-refractivity contribution in [2.75, 3.05) is 43.8 Å². The van der Waals surface area contributed by atoms with E-state index in [2.05, 4.69) is 37.2 Å². The van der Waals surface area contributed by atoms with Gasteiger partial charge in [-0.25, -0.2) is 0 Å². The number of fused-ring (bicyclic) bond motifs is 2. The van der Waals surface area contributed by atoms with Crippen molar-refractivity contribution in [3.05, 3.63) is 29.3 Å². The van der Waals surface area contributed by atoms with E-state index in [0.717, 1.165) is 13.1 Å². The zero-order chi connectivity index (χ0) is 36.6. The lowest BCUT2D eigenvalue weighted by Gasteiger charge is -2.27. The number of benzene rings is 1. The Kier molecular flexibility index (Phi) is 16.4. The fourth-order valence-electron chi connectivity index (χ4n) is 5.55. The second-order valence-corrected chi connectivity index (χ2v) is 13.7. The summed E-state index contributed by atoms with van der Waals surface area (Å²) in [7, 11) is 0. The van der Waals surface area contributed by atoms with Crippen LogP contribution in [0.15, 0.2) is 18.2 Å². The van der Waals surface area contributed by atoms with Gasteiger partial charge in [0.25, 0.3) is 5.91 Å². The number of nitrogens with one attached hydrogen (secondary N) is 7. The molecule has 0 unspecified atom stereocenters. The molecule has 1 saturated heterocycles. The molecule has 7 amide bonds. The highest BCUT2D eigenvalue weighted by Crippen LogP contribution is 2.22. The highest BCUT2D eigenvalue weighted by atomic mass is 32.2. The fraction of sp³-hybridized carbons (Fsp3) is 0.606. The van der Waals surface area contributed by atoms with Crippen LogP contribution in [0.1, 0.15) is 68.3 Å². The molecule has 0 radical (unpaired) electrons. The Labute approximate surface area is 296 Å². The number of thioether (sulfide) groups is 1. The Balaban J connectivity index is 1.90. The van der Waals surface area contributed by atoms with Gasteiger partial charge in [-0.15, -0.1) is 0 Å². The maximum absolute atomic E-state index is 13.7. The van der Waals surface area contributed by atoms with E-state index in [4.69, 9.17) is 11.5 Å². The number of rotatable bonds is 11. The molecular weight excluding hydrogens is 666 g/mol. The van der Waals surface area contributed by atoms with Crippen LogP contribution in [0, 0.1) is 11.8 Å². The summed E-state index contributed by atoms with van der Waals surface area (Å²) in [5, 5.41) is 19.2. The molecule has 0 aromatic heterocycles. The topological polar surface area (TPSA) is 256 Å². The van der Waals surface area contributed by atoms with Gasteiger partial charge in [0.15, 0.2) is 0 Å². The molecule has 4 atom stereocenters. The minimum Gasteiger partial charge on any atom is -0.368 e. The van der Waals surface area contributed by atoms with Crippen LogP contribution in [0.3, 0.4) is 0 Å². The Morgan fingerprint density at radius 1 is 1.00 bits per heavy atom. The summed E-state index contributed by atoms with van der Waals surface area (Å²) >= 11 is 1.25. The molecule has 2 heterocycles. The first-order valence-corrected chi connectivity index (χ1v) is 18.2. The smallest absolute Gasteiger partial charge is 0.252 e. The van der Waals surface area contributed by atoms with E-state index in [0.29, 0.717) is 44.2 Å². The first-order chi connectivity index (χ1) is 23.9. The molecule has 11 N–H and O–H groups in total. The van der Waals surface area contributed by atoms with Crippen LogP contribution in [0.4, 0.5) is 5.69 Å². The van der Waals surface area contributed by atoms with E-state index < -0.39 is 60.1 Å². The molecule has 0 aliphatic carbocycles. The molecule has 0 spiro atoms. The van der Waals surface area contributed by atoms with Gasteiger partial charge in [0.05, 0.1) is 13.1 Å².